The van der Waals surface area contributed by atoms with E-state index < -0.39 is 0 Å². The Kier molecular flexibility index (Phi) is 4.53. The van der Waals surface area contributed by atoms with Crippen LogP contribution in [0.3, 0.4) is 0 Å². The molecule has 1 amide bonds. The zero-order valence-electron chi connectivity index (χ0n) is 12.3. The lowest BCUT2D eigenvalue weighted by atomic mass is 10.1. The van der Waals surface area contributed by atoms with Crippen LogP contribution in [-0.2, 0) is 14.3 Å². The van der Waals surface area contributed by atoms with Crippen LogP contribution >= 0.6 is 0 Å². The Morgan fingerprint density at radius 2 is 2.10 bits per heavy atom. The Morgan fingerprint density at radius 3 is 2.76 bits per heavy atom. The Bertz CT molecular complexity index is 474. The first-order valence-electron chi connectivity index (χ1n) is 7.60. The molecular formula is C16H22N2O3. The van der Waals surface area contributed by atoms with Crippen molar-refractivity contribution in [3.8, 4) is 0 Å². The molecule has 114 valence electrons. The van der Waals surface area contributed by atoms with Gasteiger partial charge in [-0.1, -0.05) is 37.3 Å². The summed E-state index contributed by atoms with van der Waals surface area (Å²) < 4.78 is 11.1. The van der Waals surface area contributed by atoms with Gasteiger partial charge in [0.1, 0.15) is 6.17 Å². The number of hydrogen-bond acceptors (Lipinski definition) is 4. The van der Waals surface area contributed by atoms with Crippen molar-refractivity contribution in [3.05, 3.63) is 35.9 Å². The highest BCUT2D eigenvalue weighted by Gasteiger charge is 2.39. The fourth-order valence-electron chi connectivity index (χ4n) is 2.94. The van der Waals surface area contributed by atoms with Crippen molar-refractivity contribution in [2.45, 2.75) is 31.7 Å². The van der Waals surface area contributed by atoms with E-state index in [0.717, 1.165) is 12.0 Å². The van der Waals surface area contributed by atoms with Crippen LogP contribution in [0.25, 0.3) is 0 Å². The Morgan fingerprint density at radius 1 is 1.29 bits per heavy atom. The van der Waals surface area contributed by atoms with E-state index in [4.69, 9.17) is 9.47 Å². The average Bonchev–Trinajstić information content (AvgIpc) is 2.86. The van der Waals surface area contributed by atoms with Crippen LogP contribution in [0.2, 0.25) is 0 Å². The van der Waals surface area contributed by atoms with Crippen molar-refractivity contribution >= 4 is 5.91 Å². The van der Waals surface area contributed by atoms with Gasteiger partial charge in [-0.05, 0) is 12.0 Å². The highest BCUT2D eigenvalue weighted by Crippen LogP contribution is 2.27. The van der Waals surface area contributed by atoms with E-state index in [1.54, 1.807) is 0 Å². The molecule has 2 fully saturated rings. The third-order valence-electron chi connectivity index (χ3n) is 4.06. The summed E-state index contributed by atoms with van der Waals surface area (Å²) in [6, 6.07) is 9.97. The van der Waals surface area contributed by atoms with E-state index in [1.165, 1.54) is 0 Å². The molecule has 0 spiro atoms. The van der Waals surface area contributed by atoms with Gasteiger partial charge in [-0.25, -0.2) is 0 Å². The summed E-state index contributed by atoms with van der Waals surface area (Å²) in [4.78, 5) is 14.5. The molecule has 0 bridgehead atoms. The maximum atomic E-state index is 12.6. The van der Waals surface area contributed by atoms with E-state index >= 15 is 0 Å². The number of ether oxygens (including phenoxy) is 2. The SMILES string of the molecule is CCC1NC(c2ccccc2)N(CC2COCCO2)C1=O. The lowest BCUT2D eigenvalue weighted by Crippen LogP contribution is -2.42. The quantitative estimate of drug-likeness (QED) is 0.908. The van der Waals surface area contributed by atoms with Gasteiger partial charge >= 0.3 is 0 Å². The standard InChI is InChI=1S/C16H22N2O3/c1-2-14-16(19)18(10-13-11-20-8-9-21-13)15(17-14)12-6-4-3-5-7-12/h3-7,13-15,17H,2,8-11H2,1H3. The van der Waals surface area contributed by atoms with Gasteiger partial charge in [-0.15, -0.1) is 0 Å². The molecule has 2 saturated heterocycles. The molecule has 0 aromatic heterocycles. The second kappa shape index (κ2) is 6.56. The largest absolute Gasteiger partial charge is 0.376 e. The molecule has 3 rings (SSSR count). The predicted molar refractivity (Wildman–Crippen MR) is 78.7 cm³/mol. The van der Waals surface area contributed by atoms with Gasteiger partial charge in [0.15, 0.2) is 0 Å². The zero-order valence-corrected chi connectivity index (χ0v) is 12.3. The number of carbonyl (C=O) groups is 1. The molecule has 2 aliphatic heterocycles. The van der Waals surface area contributed by atoms with E-state index in [1.807, 2.05) is 42.2 Å². The average molecular weight is 290 g/mol. The van der Waals surface area contributed by atoms with Crippen molar-refractivity contribution in [1.82, 2.24) is 10.2 Å². The Balaban J connectivity index is 1.77. The number of rotatable bonds is 4. The van der Waals surface area contributed by atoms with Crippen molar-refractivity contribution < 1.29 is 14.3 Å². The minimum atomic E-state index is -0.111. The second-order valence-electron chi connectivity index (χ2n) is 5.50. The number of hydrogen-bond donors (Lipinski definition) is 1. The Hall–Kier alpha value is -1.43. The van der Waals surface area contributed by atoms with E-state index in [0.29, 0.717) is 26.4 Å². The number of benzene rings is 1. The minimum absolute atomic E-state index is 0.0358. The van der Waals surface area contributed by atoms with Crippen molar-refractivity contribution in [1.29, 1.82) is 0 Å². The minimum Gasteiger partial charge on any atom is -0.376 e. The van der Waals surface area contributed by atoms with Crippen LogP contribution in [0.5, 0.6) is 0 Å². The molecule has 1 aromatic carbocycles. The van der Waals surface area contributed by atoms with Gasteiger partial charge in [0.2, 0.25) is 5.91 Å². The van der Waals surface area contributed by atoms with Crippen LogP contribution in [-0.4, -0.2) is 49.3 Å². The first kappa shape index (κ1) is 14.5. The maximum absolute atomic E-state index is 12.6. The van der Waals surface area contributed by atoms with Crippen molar-refractivity contribution in [2.75, 3.05) is 26.4 Å². The molecule has 3 unspecified atom stereocenters. The Labute approximate surface area is 125 Å². The van der Waals surface area contributed by atoms with Crippen LogP contribution in [0, 0.1) is 0 Å². The lowest BCUT2D eigenvalue weighted by Gasteiger charge is -2.30. The molecule has 0 saturated carbocycles. The van der Waals surface area contributed by atoms with Crippen LogP contribution < -0.4 is 5.32 Å². The summed E-state index contributed by atoms with van der Waals surface area (Å²) >= 11 is 0. The summed E-state index contributed by atoms with van der Waals surface area (Å²) in [6.45, 7) is 4.40. The third kappa shape index (κ3) is 3.10. The van der Waals surface area contributed by atoms with Gasteiger partial charge in [-0.3, -0.25) is 10.1 Å². The molecular weight excluding hydrogens is 268 g/mol. The predicted octanol–water partition coefficient (Wildman–Crippen LogP) is 1.31. The highest BCUT2D eigenvalue weighted by molar-refractivity contribution is 5.84. The number of carbonyl (C=O) groups excluding carboxylic acids is 1. The molecule has 2 aliphatic rings. The molecule has 0 radical (unpaired) electrons. The van der Waals surface area contributed by atoms with Gasteiger partial charge in [0, 0.05) is 0 Å². The fourth-order valence-corrected chi connectivity index (χ4v) is 2.94. The number of nitrogens with one attached hydrogen (secondary N) is 1. The molecule has 5 heteroatoms. The normalized spacial score (nSPS) is 29.9. The first-order valence-corrected chi connectivity index (χ1v) is 7.60. The summed E-state index contributed by atoms with van der Waals surface area (Å²) in [5, 5.41) is 3.43. The molecule has 21 heavy (non-hydrogen) atoms. The topological polar surface area (TPSA) is 50.8 Å². The number of nitrogens with zero attached hydrogens (tertiary/aromatic N) is 1. The second-order valence-corrected chi connectivity index (χ2v) is 5.50. The monoisotopic (exact) mass is 290 g/mol. The summed E-state index contributed by atoms with van der Waals surface area (Å²) in [7, 11) is 0. The molecule has 5 nitrogen and oxygen atoms in total. The molecule has 0 aliphatic carbocycles. The van der Waals surface area contributed by atoms with E-state index in [9.17, 15) is 4.79 Å². The van der Waals surface area contributed by atoms with Crippen LogP contribution in [0.15, 0.2) is 30.3 Å². The van der Waals surface area contributed by atoms with Crippen molar-refractivity contribution in [2.24, 2.45) is 0 Å². The zero-order chi connectivity index (χ0) is 14.7. The fraction of sp³-hybridized carbons (Fsp3) is 0.562. The third-order valence-corrected chi connectivity index (χ3v) is 4.06. The molecule has 1 aromatic rings. The number of amides is 1. The van der Waals surface area contributed by atoms with E-state index in [2.05, 4.69) is 5.32 Å². The van der Waals surface area contributed by atoms with Gasteiger partial charge in [-0.2, -0.15) is 0 Å². The molecule has 1 N–H and O–H groups in total. The molecule has 2 heterocycles. The molecule has 3 atom stereocenters. The van der Waals surface area contributed by atoms with E-state index in [-0.39, 0.29) is 24.2 Å². The smallest absolute Gasteiger partial charge is 0.241 e. The lowest BCUT2D eigenvalue weighted by molar-refractivity contribution is -0.137. The van der Waals surface area contributed by atoms with Gasteiger partial charge in [0.05, 0.1) is 38.5 Å². The van der Waals surface area contributed by atoms with Gasteiger partial charge in [0.25, 0.3) is 0 Å². The highest BCUT2D eigenvalue weighted by atomic mass is 16.6. The summed E-state index contributed by atoms with van der Waals surface area (Å²) in [5.74, 6) is 0.153. The van der Waals surface area contributed by atoms with Crippen LogP contribution in [0.4, 0.5) is 0 Å². The summed E-state index contributed by atoms with van der Waals surface area (Å²) in [5.41, 5.74) is 1.11. The summed E-state index contributed by atoms with van der Waals surface area (Å²) in [6.07, 6.45) is 0.682. The van der Waals surface area contributed by atoms with Crippen LogP contribution in [0.1, 0.15) is 25.1 Å². The van der Waals surface area contributed by atoms with Gasteiger partial charge < -0.3 is 14.4 Å². The van der Waals surface area contributed by atoms with Crippen molar-refractivity contribution in [3.63, 3.8) is 0 Å². The first-order chi connectivity index (χ1) is 10.3. The maximum Gasteiger partial charge on any atom is 0.241 e.